The Morgan fingerprint density at radius 1 is 0.686 bits per heavy atom. The minimum absolute atomic E-state index is 0.218. The number of rotatable bonds is 2. The average molecular weight is 461 g/mol. The minimum atomic E-state index is -0.306. The smallest absolute Gasteiger partial charge is 0.263 e. The molecule has 5 nitrogen and oxygen atoms in total. The van der Waals surface area contributed by atoms with Crippen LogP contribution < -0.4 is 9.47 Å². The van der Waals surface area contributed by atoms with Gasteiger partial charge in [0.15, 0.2) is 23.0 Å². The number of hydrogen-bond donors (Lipinski definition) is 0. The number of aromatic nitrogens is 2. The number of benzene rings is 3. The molecule has 0 aliphatic carbocycles. The van der Waals surface area contributed by atoms with Crippen LogP contribution in [0, 0.1) is 6.92 Å². The fourth-order valence-electron chi connectivity index (χ4n) is 4.68. The molecule has 0 bridgehead atoms. The van der Waals surface area contributed by atoms with Crippen LogP contribution in [0.1, 0.15) is 16.7 Å². The second kappa shape index (κ2) is 8.06. The highest BCUT2D eigenvalue weighted by atomic mass is 16.5. The number of ketones is 1. The number of hydrogen-bond acceptors (Lipinski definition) is 3. The van der Waals surface area contributed by atoms with E-state index < -0.39 is 0 Å². The lowest BCUT2D eigenvalue weighted by atomic mass is 10.1. The molecule has 3 aromatic carbocycles. The number of aryl methyl sites for hydroxylation is 3. The molecule has 1 aliphatic rings. The van der Waals surface area contributed by atoms with Crippen molar-refractivity contribution in [1.82, 2.24) is 9.13 Å². The van der Waals surface area contributed by atoms with Crippen molar-refractivity contribution < 1.29 is 14.3 Å². The normalized spacial score (nSPS) is 15.9. The highest BCUT2D eigenvalue weighted by molar-refractivity contribution is 6.13. The molecule has 1 aliphatic heterocycles. The second-order valence-corrected chi connectivity index (χ2v) is 8.93. The molecule has 2 aromatic heterocycles. The van der Waals surface area contributed by atoms with E-state index in [-0.39, 0.29) is 17.3 Å². The number of ether oxygens (including phenoxy) is 2. The Kier molecular flexibility index (Phi) is 4.85. The van der Waals surface area contributed by atoms with Crippen molar-refractivity contribution in [3.63, 3.8) is 0 Å². The molecule has 35 heavy (non-hydrogen) atoms. The number of carbonyl (C=O) groups is 1. The van der Waals surface area contributed by atoms with E-state index in [9.17, 15) is 4.79 Å². The molecule has 0 atom stereocenters. The van der Waals surface area contributed by atoms with Gasteiger partial charge in [-0.25, -0.2) is 0 Å². The van der Waals surface area contributed by atoms with Gasteiger partial charge >= 0.3 is 0 Å². The van der Waals surface area contributed by atoms with E-state index in [1.165, 1.54) is 0 Å². The first-order valence-corrected chi connectivity index (χ1v) is 11.5. The van der Waals surface area contributed by atoms with Gasteiger partial charge < -0.3 is 18.6 Å². The molecule has 0 radical (unpaired) electrons. The summed E-state index contributed by atoms with van der Waals surface area (Å²) in [7, 11) is 3.99. The molecule has 0 N–H and O–H groups in total. The van der Waals surface area contributed by atoms with E-state index >= 15 is 0 Å². The fraction of sp³-hybridized carbons (Fsp3) is 0.100. The van der Waals surface area contributed by atoms with E-state index in [1.807, 2.05) is 103 Å². The van der Waals surface area contributed by atoms with Gasteiger partial charge in [-0.1, -0.05) is 42.5 Å². The first kappa shape index (κ1) is 21.1. The molecule has 0 fully saturated rings. The summed E-state index contributed by atoms with van der Waals surface area (Å²) in [4.78, 5) is 13.8. The van der Waals surface area contributed by atoms with Gasteiger partial charge in [0.05, 0.1) is 0 Å². The van der Waals surface area contributed by atoms with Crippen LogP contribution in [0.5, 0.6) is 11.5 Å². The fourth-order valence-corrected chi connectivity index (χ4v) is 4.68. The van der Waals surface area contributed by atoms with Gasteiger partial charge in [0.1, 0.15) is 0 Å². The Morgan fingerprint density at radius 3 is 1.77 bits per heavy atom. The van der Waals surface area contributed by atoms with Crippen molar-refractivity contribution in [1.29, 1.82) is 0 Å². The van der Waals surface area contributed by atoms with Crippen LogP contribution in [0.3, 0.4) is 0 Å². The third-order valence-electron chi connectivity index (χ3n) is 6.42. The van der Waals surface area contributed by atoms with Gasteiger partial charge in [-0.15, -0.1) is 0 Å². The van der Waals surface area contributed by atoms with Gasteiger partial charge in [-0.2, -0.15) is 0 Å². The number of para-hydroxylation sites is 2. The lowest BCUT2D eigenvalue weighted by molar-refractivity contribution is -0.115. The summed E-state index contributed by atoms with van der Waals surface area (Å²) in [5.74, 6) is 1.16. The molecule has 0 saturated heterocycles. The van der Waals surface area contributed by atoms with Crippen molar-refractivity contribution in [2.45, 2.75) is 6.92 Å². The van der Waals surface area contributed by atoms with Crippen molar-refractivity contribution in [2.24, 2.45) is 14.1 Å². The third-order valence-corrected chi connectivity index (χ3v) is 6.42. The standard InChI is InChI=1S/C30H24N2O3/c1-19-12-13-26-27(14-19)35-29(16-21-18-32(3)25-11-7-5-9-23(21)25)30(33)28(34-26)15-20-17-31(2)24-10-6-4-8-22(20)24/h4-18H,1-3H3/b28-15-,29-16-. The van der Waals surface area contributed by atoms with Crippen molar-refractivity contribution in [3.05, 3.63) is 107 Å². The quantitative estimate of drug-likeness (QED) is 0.286. The van der Waals surface area contributed by atoms with Crippen LogP contribution in [-0.4, -0.2) is 14.9 Å². The summed E-state index contributed by atoms with van der Waals surface area (Å²) in [5.41, 5.74) is 5.00. The summed E-state index contributed by atoms with van der Waals surface area (Å²) in [6, 6.07) is 21.9. The maximum absolute atomic E-state index is 13.8. The molecule has 0 unspecified atom stereocenters. The molecule has 5 heteroatoms. The van der Waals surface area contributed by atoms with Gasteiger partial charge in [-0.05, 0) is 48.9 Å². The second-order valence-electron chi connectivity index (χ2n) is 8.93. The zero-order chi connectivity index (χ0) is 24.1. The number of nitrogens with zero attached hydrogens (tertiary/aromatic N) is 2. The molecule has 3 heterocycles. The van der Waals surface area contributed by atoms with Crippen LogP contribution in [0.25, 0.3) is 34.0 Å². The van der Waals surface area contributed by atoms with Gasteiger partial charge in [0.25, 0.3) is 5.78 Å². The van der Waals surface area contributed by atoms with Crippen molar-refractivity contribution in [3.8, 4) is 11.5 Å². The van der Waals surface area contributed by atoms with E-state index in [1.54, 1.807) is 6.08 Å². The highest BCUT2D eigenvalue weighted by Gasteiger charge is 2.27. The van der Waals surface area contributed by atoms with E-state index in [4.69, 9.17) is 9.47 Å². The largest absolute Gasteiger partial charge is 0.449 e. The van der Waals surface area contributed by atoms with Crippen LogP contribution in [0.4, 0.5) is 0 Å². The molecular formula is C30H24N2O3. The molecule has 0 spiro atoms. The number of fused-ring (bicyclic) bond motifs is 3. The maximum Gasteiger partial charge on any atom is 0.263 e. The van der Waals surface area contributed by atoms with Crippen molar-refractivity contribution in [2.75, 3.05) is 0 Å². The van der Waals surface area contributed by atoms with Gasteiger partial charge in [-0.3, -0.25) is 4.79 Å². The van der Waals surface area contributed by atoms with Crippen LogP contribution in [-0.2, 0) is 18.9 Å². The van der Waals surface area contributed by atoms with Crippen LogP contribution >= 0.6 is 0 Å². The van der Waals surface area contributed by atoms with Crippen LogP contribution in [0.2, 0.25) is 0 Å². The summed E-state index contributed by atoms with van der Waals surface area (Å²) < 4.78 is 16.5. The molecule has 0 saturated carbocycles. The summed E-state index contributed by atoms with van der Waals surface area (Å²) >= 11 is 0. The molecule has 172 valence electrons. The Hall–Kier alpha value is -4.51. The van der Waals surface area contributed by atoms with Crippen molar-refractivity contribution >= 4 is 39.7 Å². The maximum atomic E-state index is 13.8. The lowest BCUT2D eigenvalue weighted by Crippen LogP contribution is -2.12. The number of Topliss-reactive ketones (excluding diaryl/α,β-unsaturated/α-hetero) is 1. The minimum Gasteiger partial charge on any atom is -0.449 e. The number of carbonyl (C=O) groups excluding carboxylic acids is 1. The zero-order valence-electron chi connectivity index (χ0n) is 19.8. The van der Waals surface area contributed by atoms with Gasteiger partial charge in [0.2, 0.25) is 0 Å². The highest BCUT2D eigenvalue weighted by Crippen LogP contribution is 2.37. The lowest BCUT2D eigenvalue weighted by Gasteiger charge is -2.07. The monoisotopic (exact) mass is 460 g/mol. The van der Waals surface area contributed by atoms with E-state index in [2.05, 4.69) is 12.1 Å². The zero-order valence-corrected chi connectivity index (χ0v) is 19.8. The van der Waals surface area contributed by atoms with E-state index in [0.717, 1.165) is 38.5 Å². The molecule has 0 amide bonds. The first-order chi connectivity index (χ1) is 17.0. The topological polar surface area (TPSA) is 45.4 Å². The Bertz CT molecular complexity index is 1700. The predicted octanol–water partition coefficient (Wildman–Crippen LogP) is 6.40. The molecule has 5 aromatic rings. The Morgan fingerprint density at radius 2 is 1.20 bits per heavy atom. The Balaban J connectivity index is 1.53. The third kappa shape index (κ3) is 3.62. The summed E-state index contributed by atoms with van der Waals surface area (Å²) in [5, 5.41) is 2.10. The molecule has 6 rings (SSSR count). The molecular weight excluding hydrogens is 436 g/mol. The van der Waals surface area contributed by atoms with Gasteiger partial charge in [0, 0.05) is 59.4 Å². The summed E-state index contributed by atoms with van der Waals surface area (Å²) in [6.07, 6.45) is 7.62. The SMILES string of the molecule is Cc1ccc2c(c1)O/C(=C\c1cn(C)c3ccccc13)C(=O)/C(=C/c1cn(C)c3ccccc13)O2. The average Bonchev–Trinajstić information content (AvgIpc) is 3.31. The van der Waals surface area contributed by atoms with Crippen LogP contribution in [0.15, 0.2) is 90.6 Å². The predicted molar refractivity (Wildman–Crippen MR) is 139 cm³/mol. The summed E-state index contributed by atoms with van der Waals surface area (Å²) in [6.45, 7) is 1.98. The first-order valence-electron chi connectivity index (χ1n) is 11.5. The van der Waals surface area contributed by atoms with E-state index in [0.29, 0.717) is 11.5 Å². The Labute approximate surface area is 203 Å².